The van der Waals surface area contributed by atoms with Gasteiger partial charge >= 0.3 is 0 Å². The molecule has 0 bridgehead atoms. The van der Waals surface area contributed by atoms with Gasteiger partial charge in [-0.3, -0.25) is 0 Å². The Morgan fingerprint density at radius 3 is 2.62 bits per heavy atom. The van der Waals surface area contributed by atoms with Gasteiger partial charge in [-0.1, -0.05) is 48.5 Å². The molecule has 158 valence electrons. The van der Waals surface area contributed by atoms with Crippen LogP contribution in [0, 0.1) is 0 Å². The van der Waals surface area contributed by atoms with E-state index in [9.17, 15) is 0 Å². The molecule has 0 unspecified atom stereocenters. The zero-order chi connectivity index (χ0) is 21.7. The molecular formula is C25H19BrN4O2. The number of aromatic nitrogens is 3. The second kappa shape index (κ2) is 7.53. The fraction of sp³-hybridized carbons (Fsp3) is 0.120. The third-order valence-electron chi connectivity index (χ3n) is 5.92. The van der Waals surface area contributed by atoms with Crippen LogP contribution >= 0.6 is 15.9 Å². The van der Waals surface area contributed by atoms with Crippen molar-refractivity contribution >= 4 is 27.6 Å². The molecule has 6 rings (SSSR count). The Balaban J connectivity index is 1.62. The standard InChI is InChI=1S/C25H19BrN4O2/c1-31-20-12-11-16(13-18(20)26)23-21-22(29-25-27-14-28-30(23)25)17-9-5-6-10-19(17)32-24(21)15-7-3-2-4-8-15/h2-14,23-24H,1H3,(H,27,28,29)/t23-,24-/m1/s1. The zero-order valence-electron chi connectivity index (χ0n) is 17.2. The van der Waals surface area contributed by atoms with E-state index in [1.54, 1.807) is 13.4 Å². The van der Waals surface area contributed by atoms with Gasteiger partial charge in [-0.05, 0) is 51.3 Å². The molecule has 2 aliphatic heterocycles. The number of rotatable bonds is 3. The van der Waals surface area contributed by atoms with Gasteiger partial charge in [0.05, 0.1) is 17.3 Å². The molecule has 6 nitrogen and oxygen atoms in total. The van der Waals surface area contributed by atoms with Crippen molar-refractivity contribution < 1.29 is 9.47 Å². The SMILES string of the molecule is COc1ccc([C@@H]2C3=C(Nc4ncnn42)c2ccccc2O[C@@H]3c2ccccc2)cc1Br. The highest BCUT2D eigenvalue weighted by molar-refractivity contribution is 9.10. The number of anilines is 1. The van der Waals surface area contributed by atoms with Crippen molar-refractivity contribution in [2.75, 3.05) is 12.4 Å². The van der Waals surface area contributed by atoms with Crippen molar-refractivity contribution in [1.82, 2.24) is 14.8 Å². The Labute approximate surface area is 193 Å². The summed E-state index contributed by atoms with van der Waals surface area (Å²) < 4.78 is 14.9. The average molecular weight is 487 g/mol. The van der Waals surface area contributed by atoms with E-state index < -0.39 is 0 Å². The van der Waals surface area contributed by atoms with Crippen LogP contribution in [0.1, 0.15) is 28.8 Å². The molecule has 0 amide bonds. The van der Waals surface area contributed by atoms with Crippen LogP contribution in [0.15, 0.2) is 89.2 Å². The Hall–Kier alpha value is -3.58. The van der Waals surface area contributed by atoms with Gasteiger partial charge in [-0.15, -0.1) is 0 Å². The molecule has 32 heavy (non-hydrogen) atoms. The number of methoxy groups -OCH3 is 1. The van der Waals surface area contributed by atoms with E-state index in [4.69, 9.17) is 9.47 Å². The van der Waals surface area contributed by atoms with Crippen molar-refractivity contribution in [3.63, 3.8) is 0 Å². The maximum absolute atomic E-state index is 6.61. The Kier molecular flexibility index (Phi) is 4.50. The summed E-state index contributed by atoms with van der Waals surface area (Å²) in [4.78, 5) is 4.48. The van der Waals surface area contributed by atoms with Crippen LogP contribution in [0.3, 0.4) is 0 Å². The molecule has 0 aliphatic carbocycles. The van der Waals surface area contributed by atoms with Gasteiger partial charge < -0.3 is 14.8 Å². The highest BCUT2D eigenvalue weighted by Crippen LogP contribution is 2.50. The summed E-state index contributed by atoms with van der Waals surface area (Å²) in [6.45, 7) is 0. The summed E-state index contributed by atoms with van der Waals surface area (Å²) in [6, 6.07) is 24.3. The van der Waals surface area contributed by atoms with Gasteiger partial charge in [0.25, 0.3) is 0 Å². The van der Waals surface area contributed by atoms with Crippen LogP contribution < -0.4 is 14.8 Å². The third-order valence-corrected chi connectivity index (χ3v) is 6.54. The van der Waals surface area contributed by atoms with Crippen LogP contribution in [-0.2, 0) is 0 Å². The molecule has 7 heteroatoms. The lowest BCUT2D eigenvalue weighted by atomic mass is 9.84. The van der Waals surface area contributed by atoms with Crippen LogP contribution in [0.5, 0.6) is 11.5 Å². The van der Waals surface area contributed by atoms with Crippen molar-refractivity contribution in [2.24, 2.45) is 0 Å². The number of para-hydroxylation sites is 1. The summed E-state index contributed by atoms with van der Waals surface area (Å²) in [6.07, 6.45) is 1.30. The number of benzene rings is 3. The number of nitrogens with zero attached hydrogens (tertiary/aromatic N) is 3. The van der Waals surface area contributed by atoms with Gasteiger partial charge in [0.15, 0.2) is 0 Å². The maximum Gasteiger partial charge on any atom is 0.226 e. The predicted octanol–water partition coefficient (Wildman–Crippen LogP) is 5.61. The lowest BCUT2D eigenvalue weighted by Crippen LogP contribution is -2.32. The Morgan fingerprint density at radius 2 is 1.81 bits per heavy atom. The second-order valence-electron chi connectivity index (χ2n) is 7.68. The first-order valence-electron chi connectivity index (χ1n) is 10.3. The minimum atomic E-state index is -0.281. The number of hydrogen-bond acceptors (Lipinski definition) is 5. The molecule has 1 N–H and O–H groups in total. The zero-order valence-corrected chi connectivity index (χ0v) is 18.8. The topological polar surface area (TPSA) is 61.2 Å². The first-order chi connectivity index (χ1) is 15.7. The molecular weight excluding hydrogens is 468 g/mol. The van der Waals surface area contributed by atoms with E-state index in [0.29, 0.717) is 5.95 Å². The molecule has 4 aromatic rings. The molecule has 2 aliphatic rings. The molecule has 3 heterocycles. The third kappa shape index (κ3) is 2.92. The maximum atomic E-state index is 6.61. The molecule has 0 saturated carbocycles. The van der Waals surface area contributed by atoms with Gasteiger partial charge in [-0.25, -0.2) is 4.68 Å². The monoisotopic (exact) mass is 486 g/mol. The number of ether oxygens (including phenoxy) is 2. The van der Waals surface area contributed by atoms with Crippen molar-refractivity contribution in [1.29, 1.82) is 0 Å². The average Bonchev–Trinajstić information content (AvgIpc) is 3.31. The van der Waals surface area contributed by atoms with Crippen molar-refractivity contribution in [3.8, 4) is 11.5 Å². The van der Waals surface area contributed by atoms with E-state index >= 15 is 0 Å². The van der Waals surface area contributed by atoms with Gasteiger partial charge in [0.2, 0.25) is 5.95 Å². The van der Waals surface area contributed by atoms with E-state index in [0.717, 1.165) is 43.9 Å². The molecule has 0 fully saturated rings. The van der Waals surface area contributed by atoms with Gasteiger partial charge in [0.1, 0.15) is 30.0 Å². The van der Waals surface area contributed by atoms with Gasteiger partial charge in [0, 0.05) is 11.1 Å². The summed E-state index contributed by atoms with van der Waals surface area (Å²) in [5, 5.41) is 8.09. The highest BCUT2D eigenvalue weighted by Gasteiger charge is 2.40. The van der Waals surface area contributed by atoms with Crippen LogP contribution in [0.2, 0.25) is 0 Å². The number of nitrogens with one attached hydrogen (secondary N) is 1. The number of halogens is 1. The Morgan fingerprint density at radius 1 is 1.00 bits per heavy atom. The summed E-state index contributed by atoms with van der Waals surface area (Å²) in [5.41, 5.74) is 5.25. The molecule has 1 aromatic heterocycles. The van der Waals surface area contributed by atoms with Crippen LogP contribution in [-0.4, -0.2) is 21.9 Å². The first-order valence-corrected chi connectivity index (χ1v) is 11.1. The summed E-state index contributed by atoms with van der Waals surface area (Å²) >= 11 is 3.65. The fourth-order valence-electron chi connectivity index (χ4n) is 4.49. The molecule has 2 atom stereocenters. The molecule has 0 radical (unpaired) electrons. The normalized spacial score (nSPS) is 18.7. The van der Waals surface area contributed by atoms with Gasteiger partial charge in [-0.2, -0.15) is 10.1 Å². The second-order valence-corrected chi connectivity index (χ2v) is 8.54. The molecule has 0 spiro atoms. The number of fused-ring (bicyclic) bond motifs is 3. The fourth-order valence-corrected chi connectivity index (χ4v) is 5.05. The van der Waals surface area contributed by atoms with Crippen molar-refractivity contribution in [2.45, 2.75) is 12.1 Å². The molecule has 3 aromatic carbocycles. The van der Waals surface area contributed by atoms with Crippen LogP contribution in [0.25, 0.3) is 5.70 Å². The van der Waals surface area contributed by atoms with E-state index in [1.165, 1.54) is 0 Å². The van der Waals surface area contributed by atoms with E-state index in [2.05, 4.69) is 61.7 Å². The highest BCUT2D eigenvalue weighted by atomic mass is 79.9. The van der Waals surface area contributed by atoms with Crippen molar-refractivity contribution in [3.05, 3.63) is 106 Å². The Bertz CT molecular complexity index is 1350. The minimum absolute atomic E-state index is 0.204. The largest absolute Gasteiger partial charge is 0.496 e. The summed E-state index contributed by atoms with van der Waals surface area (Å²) in [7, 11) is 1.66. The first kappa shape index (κ1) is 19.1. The lowest BCUT2D eigenvalue weighted by molar-refractivity contribution is 0.223. The quantitative estimate of drug-likeness (QED) is 0.407. The van der Waals surface area contributed by atoms with Crippen LogP contribution in [0.4, 0.5) is 5.95 Å². The lowest BCUT2D eigenvalue weighted by Gasteiger charge is -2.39. The number of hydrogen-bond donors (Lipinski definition) is 1. The molecule has 0 saturated heterocycles. The predicted molar refractivity (Wildman–Crippen MR) is 126 cm³/mol. The van der Waals surface area contributed by atoms with E-state index in [-0.39, 0.29) is 12.1 Å². The smallest absolute Gasteiger partial charge is 0.226 e. The summed E-state index contributed by atoms with van der Waals surface area (Å²) in [5.74, 6) is 2.32. The minimum Gasteiger partial charge on any atom is -0.496 e. The van der Waals surface area contributed by atoms with E-state index in [1.807, 2.05) is 47.1 Å².